The molecule has 4 nitrogen and oxygen atoms in total. The van der Waals surface area contributed by atoms with Gasteiger partial charge < -0.3 is 15.3 Å². The minimum absolute atomic E-state index is 0.0655. The molecule has 1 aliphatic heterocycles. The van der Waals surface area contributed by atoms with Gasteiger partial charge in [-0.3, -0.25) is 4.79 Å². The van der Waals surface area contributed by atoms with E-state index in [4.69, 9.17) is 0 Å². The van der Waals surface area contributed by atoms with Crippen molar-refractivity contribution < 1.29 is 9.90 Å². The molecule has 0 saturated carbocycles. The van der Waals surface area contributed by atoms with Gasteiger partial charge in [-0.05, 0) is 81.8 Å². The highest BCUT2D eigenvalue weighted by Crippen LogP contribution is 2.31. The van der Waals surface area contributed by atoms with Crippen LogP contribution >= 0.6 is 0 Å². The van der Waals surface area contributed by atoms with Crippen LogP contribution in [0.2, 0.25) is 0 Å². The summed E-state index contributed by atoms with van der Waals surface area (Å²) in [5.41, 5.74) is 2.42. The molecule has 0 aromatic heterocycles. The van der Waals surface area contributed by atoms with Crippen LogP contribution in [0.3, 0.4) is 0 Å². The molecule has 2 atom stereocenters. The molecule has 4 heteroatoms. The van der Waals surface area contributed by atoms with Gasteiger partial charge in [0, 0.05) is 24.2 Å². The first kappa shape index (κ1) is 20.9. The Morgan fingerprint density at radius 3 is 2.89 bits per heavy atom. The average Bonchev–Trinajstić information content (AvgIpc) is 2.66. The van der Waals surface area contributed by atoms with E-state index < -0.39 is 0 Å². The zero-order chi connectivity index (χ0) is 20.0. The fourth-order valence-electron chi connectivity index (χ4n) is 4.84. The van der Waals surface area contributed by atoms with Crippen LogP contribution < -0.4 is 5.32 Å². The summed E-state index contributed by atoms with van der Waals surface area (Å²) in [6.45, 7) is 6.72. The monoisotopic (exact) mass is 384 g/mol. The summed E-state index contributed by atoms with van der Waals surface area (Å²) >= 11 is 0. The first-order valence-corrected chi connectivity index (χ1v) is 11.0. The summed E-state index contributed by atoms with van der Waals surface area (Å²) in [5, 5.41) is 13.5. The van der Waals surface area contributed by atoms with E-state index in [2.05, 4.69) is 30.1 Å². The summed E-state index contributed by atoms with van der Waals surface area (Å²) in [6.07, 6.45) is 13.1. The van der Waals surface area contributed by atoms with Crippen LogP contribution in [0.25, 0.3) is 0 Å². The number of hydrogen-bond donors (Lipinski definition) is 2. The number of rotatable bonds is 9. The maximum absolute atomic E-state index is 11.7. The maximum atomic E-state index is 11.7. The molecule has 0 fully saturated rings. The van der Waals surface area contributed by atoms with E-state index in [1.807, 2.05) is 18.3 Å². The van der Waals surface area contributed by atoms with Gasteiger partial charge in [-0.2, -0.15) is 0 Å². The number of carbonyl (C=O) groups excluding carboxylic acids is 1. The minimum atomic E-state index is -0.0655. The van der Waals surface area contributed by atoms with Crippen LogP contribution in [0.15, 0.2) is 30.5 Å². The number of benzene rings is 1. The molecule has 0 radical (unpaired) electrons. The van der Waals surface area contributed by atoms with E-state index in [1.54, 1.807) is 6.08 Å². The van der Waals surface area contributed by atoms with Crippen molar-refractivity contribution in [3.05, 3.63) is 41.6 Å². The Balaban J connectivity index is 1.45. The van der Waals surface area contributed by atoms with Gasteiger partial charge in [-0.25, -0.2) is 0 Å². The third kappa shape index (κ3) is 5.38. The van der Waals surface area contributed by atoms with E-state index in [0.29, 0.717) is 18.2 Å². The van der Waals surface area contributed by atoms with Crippen molar-refractivity contribution in [2.75, 3.05) is 13.1 Å². The number of phenolic OH excluding ortho intramolecular Hbond substituents is 1. The number of nitrogens with zero attached hydrogens (tertiary/aromatic N) is 1. The van der Waals surface area contributed by atoms with Crippen molar-refractivity contribution in [3.63, 3.8) is 0 Å². The quantitative estimate of drug-likeness (QED) is 0.621. The van der Waals surface area contributed by atoms with Gasteiger partial charge in [-0.15, -0.1) is 0 Å². The number of hydrogen-bond acceptors (Lipinski definition) is 4. The maximum Gasteiger partial charge on any atom is 0.159 e. The van der Waals surface area contributed by atoms with Crippen molar-refractivity contribution in [3.8, 4) is 5.75 Å². The van der Waals surface area contributed by atoms with Gasteiger partial charge >= 0.3 is 0 Å². The minimum Gasteiger partial charge on any atom is -0.508 e. The van der Waals surface area contributed by atoms with Gasteiger partial charge in [0.15, 0.2) is 5.78 Å². The molecular formula is C24H36N2O2. The molecule has 2 N–H and O–H groups in total. The highest BCUT2D eigenvalue weighted by molar-refractivity contribution is 5.91. The standard InChI is InChI=1S/C24H36N2O2/c1-3-15-26(20-10-11-22-19(17-20)8-7-9-23(22)28)16-6-4-5-13-24(2)18-21(27)12-14-25-24/h7-9,12,14,20,25,28H,3-6,10-11,13,15-18H2,1-2H3. The van der Waals surface area contributed by atoms with Crippen molar-refractivity contribution in [2.45, 2.75) is 83.2 Å². The van der Waals surface area contributed by atoms with Crippen LogP contribution in [-0.4, -0.2) is 40.5 Å². The van der Waals surface area contributed by atoms with Crippen molar-refractivity contribution in [2.24, 2.45) is 0 Å². The molecule has 1 aromatic rings. The normalized spacial score (nSPS) is 24.2. The van der Waals surface area contributed by atoms with Gasteiger partial charge in [0.05, 0.1) is 0 Å². The smallest absolute Gasteiger partial charge is 0.159 e. The molecule has 3 rings (SSSR count). The highest BCUT2D eigenvalue weighted by Gasteiger charge is 2.28. The number of ketones is 1. The van der Waals surface area contributed by atoms with Crippen LogP contribution in [-0.2, 0) is 17.6 Å². The van der Waals surface area contributed by atoms with E-state index in [9.17, 15) is 9.90 Å². The fraction of sp³-hybridized carbons (Fsp3) is 0.625. The Hall–Kier alpha value is -1.81. The molecule has 0 bridgehead atoms. The molecular weight excluding hydrogens is 348 g/mol. The number of fused-ring (bicyclic) bond motifs is 1. The van der Waals surface area contributed by atoms with E-state index in [1.165, 1.54) is 24.8 Å². The molecule has 2 unspecified atom stereocenters. The average molecular weight is 385 g/mol. The second-order valence-electron chi connectivity index (χ2n) is 8.84. The third-order valence-electron chi connectivity index (χ3n) is 6.40. The molecule has 0 saturated heterocycles. The molecule has 0 spiro atoms. The number of unbranched alkanes of at least 4 members (excludes halogenated alkanes) is 2. The van der Waals surface area contributed by atoms with Crippen LogP contribution in [0.5, 0.6) is 5.75 Å². The van der Waals surface area contributed by atoms with Gasteiger partial charge in [0.25, 0.3) is 0 Å². The van der Waals surface area contributed by atoms with Crippen molar-refractivity contribution in [1.29, 1.82) is 0 Å². The van der Waals surface area contributed by atoms with Gasteiger partial charge in [0.1, 0.15) is 5.75 Å². The summed E-state index contributed by atoms with van der Waals surface area (Å²) in [5.74, 6) is 0.704. The SMILES string of the molecule is CCCN(CCCCCC1(C)CC(=O)C=CN1)C1CCc2c(O)cccc2C1. The molecule has 1 aromatic carbocycles. The molecule has 2 aliphatic rings. The number of aromatic hydroxyl groups is 1. The van der Waals surface area contributed by atoms with E-state index >= 15 is 0 Å². The lowest BCUT2D eigenvalue weighted by molar-refractivity contribution is -0.116. The predicted molar refractivity (Wildman–Crippen MR) is 115 cm³/mol. The first-order chi connectivity index (χ1) is 13.5. The molecule has 28 heavy (non-hydrogen) atoms. The van der Waals surface area contributed by atoms with Crippen LogP contribution in [0.1, 0.15) is 69.9 Å². The summed E-state index contributed by atoms with van der Waals surface area (Å²) in [4.78, 5) is 14.3. The largest absolute Gasteiger partial charge is 0.508 e. The Morgan fingerprint density at radius 2 is 2.11 bits per heavy atom. The van der Waals surface area contributed by atoms with Gasteiger partial charge in [-0.1, -0.05) is 31.9 Å². The van der Waals surface area contributed by atoms with Crippen LogP contribution in [0.4, 0.5) is 0 Å². The molecule has 0 amide bonds. The highest BCUT2D eigenvalue weighted by atomic mass is 16.3. The lowest BCUT2D eigenvalue weighted by Gasteiger charge is -2.35. The second kappa shape index (κ2) is 9.60. The van der Waals surface area contributed by atoms with E-state index in [0.717, 1.165) is 50.8 Å². The van der Waals surface area contributed by atoms with Crippen molar-refractivity contribution in [1.82, 2.24) is 10.2 Å². The van der Waals surface area contributed by atoms with Crippen molar-refractivity contribution >= 4 is 5.78 Å². The number of carbonyl (C=O) groups is 1. The Bertz CT molecular complexity index is 700. The second-order valence-corrected chi connectivity index (χ2v) is 8.84. The summed E-state index contributed by atoms with van der Waals surface area (Å²) < 4.78 is 0. The predicted octanol–water partition coefficient (Wildman–Crippen LogP) is 4.36. The summed E-state index contributed by atoms with van der Waals surface area (Å²) in [7, 11) is 0. The zero-order valence-electron chi connectivity index (χ0n) is 17.5. The summed E-state index contributed by atoms with van der Waals surface area (Å²) in [6, 6.07) is 6.56. The molecule has 154 valence electrons. The van der Waals surface area contributed by atoms with Gasteiger partial charge in [0.2, 0.25) is 0 Å². The Morgan fingerprint density at radius 1 is 1.25 bits per heavy atom. The lowest BCUT2D eigenvalue weighted by atomic mass is 9.86. The Labute approximate surface area is 170 Å². The fourth-order valence-corrected chi connectivity index (χ4v) is 4.84. The molecule has 1 aliphatic carbocycles. The number of phenols is 1. The third-order valence-corrected chi connectivity index (χ3v) is 6.40. The van der Waals surface area contributed by atoms with E-state index in [-0.39, 0.29) is 11.3 Å². The number of allylic oxidation sites excluding steroid dienone is 1. The van der Waals surface area contributed by atoms with Crippen LogP contribution in [0, 0.1) is 0 Å². The lowest BCUT2D eigenvalue weighted by Crippen LogP contribution is -2.43. The zero-order valence-corrected chi connectivity index (χ0v) is 17.5. The first-order valence-electron chi connectivity index (χ1n) is 11.0. The molecule has 1 heterocycles. The number of nitrogens with one attached hydrogen (secondary N) is 1. The Kier molecular flexibility index (Phi) is 7.17. The topological polar surface area (TPSA) is 52.6 Å².